The number of hydrogen-bond donors (Lipinski definition) is 3. The largest absolute Gasteiger partial charge is 0.497 e. The minimum Gasteiger partial charge on any atom is -0.497 e. The topological polar surface area (TPSA) is 102 Å². The normalized spacial score (nSPS) is 12.6. The summed E-state index contributed by atoms with van der Waals surface area (Å²) in [6, 6.07) is 5.92. The van der Waals surface area contributed by atoms with Crippen molar-refractivity contribution in [3.8, 4) is 5.75 Å². The van der Waals surface area contributed by atoms with E-state index in [0.29, 0.717) is 11.4 Å². The summed E-state index contributed by atoms with van der Waals surface area (Å²) in [6.45, 7) is 3.41. The molecule has 0 fully saturated rings. The number of carbonyl (C=O) groups is 2. The van der Waals surface area contributed by atoms with Crippen molar-refractivity contribution < 1.29 is 19.4 Å². The molecule has 1 rings (SSSR count). The zero-order chi connectivity index (χ0) is 16.0. The molecule has 1 aromatic rings. The maximum absolute atomic E-state index is 11.9. The second-order valence-electron chi connectivity index (χ2n) is 4.98. The van der Waals surface area contributed by atoms with E-state index in [1.54, 1.807) is 45.2 Å². The third-order valence-electron chi connectivity index (χ3n) is 2.96. The molecule has 1 amide bonds. The lowest BCUT2D eigenvalue weighted by molar-refractivity contribution is -0.139. The number of benzene rings is 1. The highest BCUT2D eigenvalue weighted by Gasteiger charge is 2.33. The van der Waals surface area contributed by atoms with Crippen LogP contribution in [0.1, 0.15) is 13.8 Å². The predicted octanol–water partition coefficient (Wildman–Crippen LogP) is 1.56. The summed E-state index contributed by atoms with van der Waals surface area (Å²) < 4.78 is 4.30. The van der Waals surface area contributed by atoms with Gasteiger partial charge in [0.15, 0.2) is 0 Å². The van der Waals surface area contributed by atoms with E-state index >= 15 is 0 Å². The molecule has 0 aliphatic heterocycles. The van der Waals surface area contributed by atoms with Crippen LogP contribution in [0.25, 0.3) is 0 Å². The van der Waals surface area contributed by atoms with Gasteiger partial charge in [-0.1, -0.05) is 0 Å². The quantitative estimate of drug-likeness (QED) is 0.706. The standard InChI is InChI=1S/C14H20N2O4S/c1-14(2,12(15)13(18)19)21-8-11(17)16-9-4-6-10(20-3)7-5-9/h4-7,12H,8,15H2,1-3H3,(H,16,17)(H,18,19)/t12-/m0/s1. The monoisotopic (exact) mass is 312 g/mol. The second kappa shape index (κ2) is 7.33. The van der Waals surface area contributed by atoms with E-state index in [2.05, 4.69) is 5.32 Å². The van der Waals surface area contributed by atoms with Gasteiger partial charge in [0, 0.05) is 10.4 Å². The van der Waals surface area contributed by atoms with Crippen LogP contribution in [0.15, 0.2) is 24.3 Å². The number of rotatable bonds is 7. The Morgan fingerprint density at radius 2 is 1.95 bits per heavy atom. The molecule has 21 heavy (non-hydrogen) atoms. The lowest BCUT2D eigenvalue weighted by atomic mass is 10.1. The molecule has 0 unspecified atom stereocenters. The van der Waals surface area contributed by atoms with Crippen LogP contribution < -0.4 is 15.8 Å². The molecule has 0 saturated heterocycles. The Hall–Kier alpha value is -1.73. The molecule has 0 heterocycles. The molecule has 0 aromatic heterocycles. The van der Waals surface area contributed by atoms with Crippen molar-refractivity contribution in [2.75, 3.05) is 18.2 Å². The molecule has 6 nitrogen and oxygen atoms in total. The fraction of sp³-hybridized carbons (Fsp3) is 0.429. The van der Waals surface area contributed by atoms with Gasteiger partial charge in [0.1, 0.15) is 11.8 Å². The van der Waals surface area contributed by atoms with Crippen LogP contribution in [-0.4, -0.2) is 40.6 Å². The minimum absolute atomic E-state index is 0.125. The zero-order valence-corrected chi connectivity index (χ0v) is 13.1. The summed E-state index contributed by atoms with van der Waals surface area (Å²) in [6.07, 6.45) is 0. The van der Waals surface area contributed by atoms with Crippen molar-refractivity contribution in [3.63, 3.8) is 0 Å². The molecular weight excluding hydrogens is 292 g/mol. The van der Waals surface area contributed by atoms with Crippen molar-refractivity contribution in [1.82, 2.24) is 0 Å². The van der Waals surface area contributed by atoms with Crippen LogP contribution in [0.3, 0.4) is 0 Å². The van der Waals surface area contributed by atoms with Crippen LogP contribution in [0, 0.1) is 0 Å². The second-order valence-corrected chi connectivity index (χ2v) is 6.61. The van der Waals surface area contributed by atoms with E-state index in [1.165, 1.54) is 11.8 Å². The molecule has 1 aromatic carbocycles. The number of methoxy groups -OCH3 is 1. The Morgan fingerprint density at radius 1 is 1.38 bits per heavy atom. The maximum atomic E-state index is 11.9. The number of nitrogens with one attached hydrogen (secondary N) is 1. The highest BCUT2D eigenvalue weighted by molar-refractivity contribution is 8.01. The van der Waals surface area contributed by atoms with Crippen molar-refractivity contribution >= 4 is 29.3 Å². The van der Waals surface area contributed by atoms with E-state index in [9.17, 15) is 9.59 Å². The van der Waals surface area contributed by atoms with Crippen molar-refractivity contribution in [2.24, 2.45) is 5.73 Å². The first-order valence-corrected chi connectivity index (χ1v) is 7.31. The van der Waals surface area contributed by atoms with E-state index < -0.39 is 16.8 Å². The molecule has 0 bridgehead atoms. The number of hydrogen-bond acceptors (Lipinski definition) is 5. The van der Waals surface area contributed by atoms with E-state index in [4.69, 9.17) is 15.6 Å². The van der Waals surface area contributed by atoms with Crippen molar-refractivity contribution in [2.45, 2.75) is 24.6 Å². The molecule has 0 aliphatic rings. The average Bonchev–Trinajstić information content (AvgIpc) is 2.45. The molecule has 0 spiro atoms. The molecule has 4 N–H and O–H groups in total. The molecule has 1 atom stereocenters. The smallest absolute Gasteiger partial charge is 0.321 e. The van der Waals surface area contributed by atoms with Crippen molar-refractivity contribution in [1.29, 1.82) is 0 Å². The summed E-state index contributed by atoms with van der Waals surface area (Å²) in [5.41, 5.74) is 6.25. The first kappa shape index (κ1) is 17.3. The Morgan fingerprint density at radius 3 is 2.43 bits per heavy atom. The van der Waals surface area contributed by atoms with Gasteiger partial charge >= 0.3 is 5.97 Å². The third-order valence-corrected chi connectivity index (χ3v) is 4.37. The van der Waals surface area contributed by atoms with E-state index in [0.717, 1.165) is 0 Å². The third kappa shape index (κ3) is 5.28. The Labute approximate surface area is 128 Å². The highest BCUT2D eigenvalue weighted by atomic mass is 32.2. The first-order valence-electron chi connectivity index (χ1n) is 6.32. The number of carboxylic acid groups (broad SMARTS) is 1. The number of aliphatic carboxylic acids is 1. The number of carboxylic acids is 1. The average molecular weight is 312 g/mol. The van der Waals surface area contributed by atoms with Gasteiger partial charge in [-0.3, -0.25) is 9.59 Å². The number of anilines is 1. The van der Waals surface area contributed by atoms with Crippen LogP contribution in [-0.2, 0) is 9.59 Å². The fourth-order valence-electron chi connectivity index (χ4n) is 1.51. The van der Waals surface area contributed by atoms with Gasteiger partial charge in [-0.2, -0.15) is 0 Å². The van der Waals surface area contributed by atoms with Crippen LogP contribution >= 0.6 is 11.8 Å². The Balaban J connectivity index is 2.51. The van der Waals surface area contributed by atoms with Crippen molar-refractivity contribution in [3.05, 3.63) is 24.3 Å². The molecule has 0 aliphatic carbocycles. The van der Waals surface area contributed by atoms with Crippen LogP contribution in [0.4, 0.5) is 5.69 Å². The number of nitrogens with two attached hydrogens (primary N) is 1. The highest BCUT2D eigenvalue weighted by Crippen LogP contribution is 2.27. The molecule has 7 heteroatoms. The maximum Gasteiger partial charge on any atom is 0.321 e. The lowest BCUT2D eigenvalue weighted by Crippen LogP contribution is -2.47. The van der Waals surface area contributed by atoms with Crippen LogP contribution in [0.5, 0.6) is 5.75 Å². The van der Waals surface area contributed by atoms with Gasteiger partial charge in [-0.25, -0.2) is 0 Å². The van der Waals surface area contributed by atoms with Crippen LogP contribution in [0.2, 0.25) is 0 Å². The zero-order valence-electron chi connectivity index (χ0n) is 12.3. The van der Waals surface area contributed by atoms with Gasteiger partial charge in [0.2, 0.25) is 5.91 Å². The number of carbonyl (C=O) groups excluding carboxylic acids is 1. The summed E-state index contributed by atoms with van der Waals surface area (Å²) in [5.74, 6) is -0.463. The van der Waals surface area contributed by atoms with Gasteiger partial charge in [-0.15, -0.1) is 11.8 Å². The number of amides is 1. The van der Waals surface area contributed by atoms with Gasteiger partial charge < -0.3 is 20.9 Å². The molecule has 0 radical (unpaired) electrons. The summed E-state index contributed by atoms with van der Waals surface area (Å²) >= 11 is 1.21. The fourth-order valence-corrected chi connectivity index (χ4v) is 2.37. The van der Waals surface area contributed by atoms with Gasteiger partial charge in [0.25, 0.3) is 0 Å². The van der Waals surface area contributed by atoms with E-state index in [-0.39, 0.29) is 11.7 Å². The Bertz CT molecular complexity index is 502. The SMILES string of the molecule is COc1ccc(NC(=O)CSC(C)(C)[C@@H](N)C(=O)O)cc1. The first-order chi connectivity index (χ1) is 9.76. The minimum atomic E-state index is -1.08. The van der Waals surface area contributed by atoms with Gasteiger partial charge in [-0.05, 0) is 38.1 Å². The lowest BCUT2D eigenvalue weighted by Gasteiger charge is -2.27. The Kier molecular flexibility index (Phi) is 6.04. The molecule has 116 valence electrons. The summed E-state index contributed by atoms with van der Waals surface area (Å²) in [5, 5.41) is 11.6. The molecular formula is C14H20N2O4S. The molecule has 0 saturated carbocycles. The predicted molar refractivity (Wildman–Crippen MR) is 83.8 cm³/mol. The van der Waals surface area contributed by atoms with E-state index in [1.807, 2.05) is 0 Å². The van der Waals surface area contributed by atoms with Gasteiger partial charge in [0.05, 0.1) is 12.9 Å². The summed E-state index contributed by atoms with van der Waals surface area (Å²) in [4.78, 5) is 22.7. The number of thioether (sulfide) groups is 1. The summed E-state index contributed by atoms with van der Waals surface area (Å²) in [7, 11) is 1.57. The number of ether oxygens (including phenoxy) is 1.